The van der Waals surface area contributed by atoms with Crippen molar-refractivity contribution in [2.45, 2.75) is 25.4 Å². The molecular formula is C12H16ClF3N2O. The Morgan fingerprint density at radius 1 is 1.21 bits per heavy atom. The summed E-state index contributed by atoms with van der Waals surface area (Å²) in [5.41, 5.74) is 6.87. The summed E-state index contributed by atoms with van der Waals surface area (Å²) < 4.78 is 35.5. The summed E-state index contributed by atoms with van der Waals surface area (Å²) in [7, 11) is 0. The van der Waals surface area contributed by atoms with E-state index in [0.717, 1.165) is 5.56 Å². The number of nitrogens with two attached hydrogens (primary N) is 1. The number of alkyl halides is 3. The van der Waals surface area contributed by atoms with Gasteiger partial charge in [-0.05, 0) is 24.1 Å². The molecule has 0 fully saturated rings. The summed E-state index contributed by atoms with van der Waals surface area (Å²) in [5, 5.41) is 2.45. The third-order valence-electron chi connectivity index (χ3n) is 2.30. The van der Waals surface area contributed by atoms with Crippen molar-refractivity contribution < 1.29 is 18.0 Å². The Labute approximate surface area is 115 Å². The van der Waals surface area contributed by atoms with Gasteiger partial charge < -0.3 is 11.1 Å². The highest BCUT2D eigenvalue weighted by Crippen LogP contribution is 2.20. The lowest BCUT2D eigenvalue weighted by Crippen LogP contribution is -2.27. The number of hydrogen-bond acceptors (Lipinski definition) is 2. The first-order chi connectivity index (χ1) is 8.37. The van der Waals surface area contributed by atoms with E-state index in [-0.39, 0.29) is 37.7 Å². The van der Waals surface area contributed by atoms with Gasteiger partial charge in [-0.3, -0.25) is 4.79 Å². The maximum absolute atomic E-state index is 11.8. The summed E-state index contributed by atoms with van der Waals surface area (Å²) in [5.74, 6) is -0.290. The number of halogens is 4. The summed E-state index contributed by atoms with van der Waals surface area (Å²) >= 11 is 0. The van der Waals surface area contributed by atoms with Crippen LogP contribution in [-0.2, 0) is 11.2 Å². The molecule has 3 nitrogen and oxygen atoms in total. The monoisotopic (exact) mass is 296 g/mol. The van der Waals surface area contributed by atoms with Crippen molar-refractivity contribution in [3.05, 3.63) is 29.8 Å². The molecule has 19 heavy (non-hydrogen) atoms. The van der Waals surface area contributed by atoms with Crippen LogP contribution in [-0.4, -0.2) is 18.6 Å². The molecule has 0 saturated heterocycles. The van der Waals surface area contributed by atoms with E-state index in [2.05, 4.69) is 5.32 Å². The number of rotatable bonds is 5. The van der Waals surface area contributed by atoms with E-state index in [1.165, 1.54) is 0 Å². The number of carbonyl (C=O) groups excluding carboxylic acids is 1. The van der Waals surface area contributed by atoms with Gasteiger partial charge in [0.25, 0.3) is 0 Å². The van der Waals surface area contributed by atoms with Gasteiger partial charge in [0, 0.05) is 18.7 Å². The van der Waals surface area contributed by atoms with Crippen LogP contribution in [0.5, 0.6) is 0 Å². The predicted octanol–water partition coefficient (Wildman–Crippen LogP) is 2.69. The Morgan fingerprint density at radius 3 is 2.32 bits per heavy atom. The Kier molecular flexibility index (Phi) is 7.29. The number of benzene rings is 1. The van der Waals surface area contributed by atoms with Gasteiger partial charge in [-0.15, -0.1) is 12.4 Å². The fourth-order valence-corrected chi connectivity index (χ4v) is 1.40. The zero-order chi connectivity index (χ0) is 13.6. The third-order valence-corrected chi connectivity index (χ3v) is 2.30. The molecule has 1 amide bonds. The molecule has 0 saturated carbocycles. The van der Waals surface area contributed by atoms with Crippen LogP contribution in [0.3, 0.4) is 0 Å². The first-order valence-corrected chi connectivity index (χ1v) is 5.55. The van der Waals surface area contributed by atoms with E-state index >= 15 is 0 Å². The zero-order valence-corrected chi connectivity index (χ0v) is 11.0. The van der Waals surface area contributed by atoms with E-state index in [9.17, 15) is 18.0 Å². The van der Waals surface area contributed by atoms with Gasteiger partial charge >= 0.3 is 6.18 Å². The molecule has 7 heteroatoms. The minimum absolute atomic E-state index is 0. The SMILES string of the molecule is Cl.Nc1ccc(CC(=O)NCCCC(F)(F)F)cc1. The van der Waals surface area contributed by atoms with Crippen LogP contribution in [0.15, 0.2) is 24.3 Å². The van der Waals surface area contributed by atoms with E-state index < -0.39 is 12.6 Å². The highest BCUT2D eigenvalue weighted by molar-refractivity contribution is 5.85. The van der Waals surface area contributed by atoms with Crippen molar-refractivity contribution in [2.75, 3.05) is 12.3 Å². The largest absolute Gasteiger partial charge is 0.399 e. The van der Waals surface area contributed by atoms with Crippen molar-refractivity contribution in [2.24, 2.45) is 0 Å². The Hall–Kier alpha value is -1.43. The molecule has 3 N–H and O–H groups in total. The van der Waals surface area contributed by atoms with Crippen LogP contribution in [0.4, 0.5) is 18.9 Å². The zero-order valence-electron chi connectivity index (χ0n) is 10.2. The lowest BCUT2D eigenvalue weighted by Gasteiger charge is -2.07. The van der Waals surface area contributed by atoms with Crippen molar-refractivity contribution in [3.8, 4) is 0 Å². The van der Waals surface area contributed by atoms with Gasteiger partial charge in [0.15, 0.2) is 0 Å². The lowest BCUT2D eigenvalue weighted by atomic mass is 10.1. The van der Waals surface area contributed by atoms with E-state index in [0.29, 0.717) is 5.69 Å². The standard InChI is InChI=1S/C12H15F3N2O.ClH/c13-12(14,15)6-1-7-17-11(18)8-9-2-4-10(16)5-3-9;/h2-5H,1,6-8,16H2,(H,17,18);1H. The molecule has 0 aliphatic rings. The second kappa shape index (κ2) is 7.89. The number of hydrogen-bond donors (Lipinski definition) is 2. The number of anilines is 1. The Morgan fingerprint density at radius 2 is 1.79 bits per heavy atom. The van der Waals surface area contributed by atoms with E-state index in [4.69, 9.17) is 5.73 Å². The van der Waals surface area contributed by atoms with E-state index in [1.54, 1.807) is 24.3 Å². The van der Waals surface area contributed by atoms with Gasteiger partial charge in [0.05, 0.1) is 6.42 Å². The quantitative estimate of drug-likeness (QED) is 0.648. The maximum Gasteiger partial charge on any atom is 0.389 e. The van der Waals surface area contributed by atoms with Gasteiger partial charge in [-0.2, -0.15) is 13.2 Å². The smallest absolute Gasteiger partial charge is 0.389 e. The third kappa shape index (κ3) is 8.31. The molecule has 1 rings (SSSR count). The van der Waals surface area contributed by atoms with Crippen LogP contribution in [0.2, 0.25) is 0 Å². The minimum Gasteiger partial charge on any atom is -0.399 e. The first kappa shape index (κ1) is 17.6. The molecular weight excluding hydrogens is 281 g/mol. The number of nitrogen functional groups attached to an aromatic ring is 1. The van der Waals surface area contributed by atoms with Crippen LogP contribution >= 0.6 is 12.4 Å². The summed E-state index contributed by atoms with van der Waals surface area (Å²) in [6.45, 7) is 0.0350. The lowest BCUT2D eigenvalue weighted by molar-refractivity contribution is -0.136. The number of nitrogens with one attached hydrogen (secondary N) is 1. The summed E-state index contributed by atoms with van der Waals surface area (Å²) in [4.78, 5) is 11.4. The molecule has 0 bridgehead atoms. The normalized spacial score (nSPS) is 10.7. The molecule has 0 radical (unpaired) electrons. The van der Waals surface area contributed by atoms with Gasteiger partial charge in [-0.25, -0.2) is 0 Å². The summed E-state index contributed by atoms with van der Waals surface area (Å²) in [6, 6.07) is 6.77. The minimum atomic E-state index is -4.16. The van der Waals surface area contributed by atoms with Crippen LogP contribution < -0.4 is 11.1 Å². The Bertz CT molecular complexity index is 393. The fourth-order valence-electron chi connectivity index (χ4n) is 1.40. The Balaban J connectivity index is 0.00000324. The highest BCUT2D eigenvalue weighted by Gasteiger charge is 2.25. The molecule has 1 aromatic rings. The molecule has 0 aliphatic carbocycles. The van der Waals surface area contributed by atoms with Crippen molar-refractivity contribution >= 4 is 24.0 Å². The van der Waals surface area contributed by atoms with Crippen molar-refractivity contribution in [1.82, 2.24) is 5.32 Å². The van der Waals surface area contributed by atoms with Crippen LogP contribution in [0.1, 0.15) is 18.4 Å². The van der Waals surface area contributed by atoms with Crippen molar-refractivity contribution in [3.63, 3.8) is 0 Å². The second-order valence-electron chi connectivity index (χ2n) is 3.99. The molecule has 1 aromatic carbocycles. The molecule has 0 heterocycles. The highest BCUT2D eigenvalue weighted by atomic mass is 35.5. The van der Waals surface area contributed by atoms with Crippen LogP contribution in [0, 0.1) is 0 Å². The predicted molar refractivity (Wildman–Crippen MR) is 70.1 cm³/mol. The molecule has 0 unspecified atom stereocenters. The maximum atomic E-state index is 11.8. The molecule has 0 aliphatic heterocycles. The van der Waals surface area contributed by atoms with Gasteiger partial charge in [0.2, 0.25) is 5.91 Å². The topological polar surface area (TPSA) is 55.1 Å². The number of carbonyl (C=O) groups is 1. The van der Waals surface area contributed by atoms with Gasteiger partial charge in [-0.1, -0.05) is 12.1 Å². The first-order valence-electron chi connectivity index (χ1n) is 5.55. The molecule has 108 valence electrons. The number of amides is 1. The average molecular weight is 297 g/mol. The van der Waals surface area contributed by atoms with Crippen LogP contribution in [0.25, 0.3) is 0 Å². The fraction of sp³-hybridized carbons (Fsp3) is 0.417. The molecule has 0 spiro atoms. The van der Waals surface area contributed by atoms with Gasteiger partial charge in [0.1, 0.15) is 0 Å². The summed E-state index contributed by atoms with van der Waals surface area (Å²) in [6.07, 6.45) is -5.00. The average Bonchev–Trinajstić information content (AvgIpc) is 2.26. The second-order valence-corrected chi connectivity index (χ2v) is 3.99. The molecule has 0 atom stereocenters. The van der Waals surface area contributed by atoms with Crippen molar-refractivity contribution in [1.29, 1.82) is 0 Å². The molecule has 0 aromatic heterocycles. The van der Waals surface area contributed by atoms with E-state index in [1.807, 2.05) is 0 Å².